The minimum absolute atomic E-state index is 0.0290. The normalized spacial score (nSPS) is 17.0. The lowest BCUT2D eigenvalue weighted by molar-refractivity contribution is 0.0766. The first-order valence-corrected chi connectivity index (χ1v) is 8.44. The Kier molecular flexibility index (Phi) is 4.06. The van der Waals surface area contributed by atoms with Crippen molar-refractivity contribution in [2.45, 2.75) is 19.4 Å². The van der Waals surface area contributed by atoms with E-state index in [9.17, 15) is 4.79 Å². The number of carbonyl (C=O) groups excluding carboxylic acids is 1. The molecule has 0 spiro atoms. The fraction of sp³-hybridized carbons (Fsp3) is 0.250. The van der Waals surface area contributed by atoms with Crippen molar-refractivity contribution in [3.05, 3.63) is 66.0 Å². The summed E-state index contributed by atoms with van der Waals surface area (Å²) in [6, 6.07) is 17.2. The summed E-state index contributed by atoms with van der Waals surface area (Å²) in [5, 5.41) is 1.03. The maximum Gasteiger partial charge on any atom is 0.272 e. The molecular weight excluding hydrogens is 314 g/mol. The van der Waals surface area contributed by atoms with Gasteiger partial charge < -0.3 is 9.64 Å². The Morgan fingerprint density at radius 1 is 1.08 bits per heavy atom. The molecule has 0 radical (unpaired) electrons. The monoisotopic (exact) mass is 333 g/mol. The standard InChI is InChI=1S/C20H19N3O2/c1-14-5-4-8-19(21-14)25-16-11-12-23(13-16)20(24)18-10-9-15-6-2-3-7-17(15)22-18/h2-10,16H,11-13H2,1H3. The number of ether oxygens (including phenoxy) is 1. The van der Waals surface area contributed by atoms with Gasteiger partial charge in [0, 0.05) is 30.1 Å². The second-order valence-electron chi connectivity index (χ2n) is 6.29. The molecule has 1 aromatic carbocycles. The van der Waals surface area contributed by atoms with Gasteiger partial charge in [0.25, 0.3) is 5.91 Å². The van der Waals surface area contributed by atoms with Gasteiger partial charge in [-0.2, -0.15) is 0 Å². The number of carbonyl (C=O) groups is 1. The van der Waals surface area contributed by atoms with Crippen molar-refractivity contribution in [3.63, 3.8) is 0 Å². The Balaban J connectivity index is 1.46. The van der Waals surface area contributed by atoms with Crippen LogP contribution in [0.15, 0.2) is 54.6 Å². The fourth-order valence-corrected chi connectivity index (χ4v) is 3.11. The number of hydrogen-bond donors (Lipinski definition) is 0. The van der Waals surface area contributed by atoms with Crippen LogP contribution in [0.3, 0.4) is 0 Å². The minimum atomic E-state index is -0.0472. The molecule has 4 rings (SSSR count). The second kappa shape index (κ2) is 6.51. The third-order valence-corrected chi connectivity index (χ3v) is 4.40. The number of aryl methyl sites for hydroxylation is 1. The Morgan fingerprint density at radius 2 is 1.96 bits per heavy atom. The van der Waals surface area contributed by atoms with Crippen LogP contribution in [0, 0.1) is 6.92 Å². The molecule has 126 valence electrons. The smallest absolute Gasteiger partial charge is 0.272 e. The average Bonchev–Trinajstić information content (AvgIpc) is 3.09. The van der Waals surface area contributed by atoms with E-state index < -0.39 is 0 Å². The van der Waals surface area contributed by atoms with Crippen LogP contribution in [0.2, 0.25) is 0 Å². The van der Waals surface area contributed by atoms with Gasteiger partial charge >= 0.3 is 0 Å². The topological polar surface area (TPSA) is 55.3 Å². The fourth-order valence-electron chi connectivity index (χ4n) is 3.11. The van der Waals surface area contributed by atoms with Crippen LogP contribution in [-0.4, -0.2) is 40.0 Å². The number of pyridine rings is 2. The molecule has 0 bridgehead atoms. The lowest BCUT2D eigenvalue weighted by Crippen LogP contribution is -2.31. The predicted molar refractivity (Wildman–Crippen MR) is 95.7 cm³/mol. The van der Waals surface area contributed by atoms with Gasteiger partial charge in [-0.05, 0) is 25.1 Å². The first-order valence-electron chi connectivity index (χ1n) is 8.44. The van der Waals surface area contributed by atoms with Gasteiger partial charge in [0.15, 0.2) is 0 Å². The zero-order valence-electron chi connectivity index (χ0n) is 14.1. The van der Waals surface area contributed by atoms with Crippen molar-refractivity contribution in [1.82, 2.24) is 14.9 Å². The Labute approximate surface area is 146 Å². The zero-order valence-corrected chi connectivity index (χ0v) is 14.1. The van der Waals surface area contributed by atoms with Crippen molar-refractivity contribution in [2.75, 3.05) is 13.1 Å². The lowest BCUT2D eigenvalue weighted by Gasteiger charge is -2.17. The highest BCUT2D eigenvalue weighted by molar-refractivity contribution is 5.95. The van der Waals surface area contributed by atoms with E-state index in [1.807, 2.05) is 55.5 Å². The van der Waals surface area contributed by atoms with Crippen LogP contribution in [0.4, 0.5) is 0 Å². The van der Waals surface area contributed by atoms with E-state index in [1.54, 1.807) is 11.0 Å². The molecule has 1 aliphatic heterocycles. The molecule has 1 aliphatic rings. The van der Waals surface area contributed by atoms with Crippen LogP contribution in [-0.2, 0) is 0 Å². The Bertz CT molecular complexity index is 925. The predicted octanol–water partition coefficient (Wildman–Crippen LogP) is 3.23. The SMILES string of the molecule is Cc1cccc(OC2CCN(C(=O)c3ccc4ccccc4n3)C2)n1. The summed E-state index contributed by atoms with van der Waals surface area (Å²) in [5.74, 6) is 0.567. The molecule has 0 N–H and O–H groups in total. The van der Waals surface area contributed by atoms with E-state index in [2.05, 4.69) is 9.97 Å². The van der Waals surface area contributed by atoms with Gasteiger partial charge in [0.1, 0.15) is 11.8 Å². The third-order valence-electron chi connectivity index (χ3n) is 4.40. The maximum atomic E-state index is 12.7. The Hall–Kier alpha value is -2.95. The number of hydrogen-bond acceptors (Lipinski definition) is 4. The van der Waals surface area contributed by atoms with Crippen molar-refractivity contribution in [3.8, 4) is 5.88 Å². The number of fused-ring (bicyclic) bond motifs is 1. The van der Waals surface area contributed by atoms with Gasteiger partial charge in [0.2, 0.25) is 5.88 Å². The van der Waals surface area contributed by atoms with E-state index in [1.165, 1.54) is 0 Å². The zero-order chi connectivity index (χ0) is 17.2. The molecule has 0 aliphatic carbocycles. The van der Waals surface area contributed by atoms with Crippen LogP contribution >= 0.6 is 0 Å². The van der Waals surface area contributed by atoms with Crippen LogP contribution in [0.25, 0.3) is 10.9 Å². The molecule has 3 aromatic rings. The summed E-state index contributed by atoms with van der Waals surface area (Å²) in [6.07, 6.45) is 0.772. The van der Waals surface area contributed by atoms with Crippen LogP contribution < -0.4 is 4.74 Å². The summed E-state index contributed by atoms with van der Waals surface area (Å²) in [4.78, 5) is 23.4. The number of amides is 1. The molecular formula is C20H19N3O2. The van der Waals surface area contributed by atoms with Crippen molar-refractivity contribution >= 4 is 16.8 Å². The van der Waals surface area contributed by atoms with Crippen molar-refractivity contribution in [1.29, 1.82) is 0 Å². The first-order chi connectivity index (χ1) is 12.2. The molecule has 5 heteroatoms. The highest BCUT2D eigenvalue weighted by Crippen LogP contribution is 2.19. The van der Waals surface area contributed by atoms with Gasteiger partial charge in [-0.3, -0.25) is 4.79 Å². The molecule has 3 heterocycles. The summed E-state index contributed by atoms with van der Waals surface area (Å²) < 4.78 is 5.92. The number of likely N-dealkylation sites (tertiary alicyclic amines) is 1. The molecule has 0 saturated carbocycles. The van der Waals surface area contributed by atoms with Gasteiger partial charge in [0.05, 0.1) is 12.1 Å². The number of para-hydroxylation sites is 1. The molecule has 1 unspecified atom stereocenters. The quantitative estimate of drug-likeness (QED) is 0.738. The third kappa shape index (κ3) is 3.31. The second-order valence-corrected chi connectivity index (χ2v) is 6.29. The van der Waals surface area contributed by atoms with Crippen molar-refractivity contribution < 1.29 is 9.53 Å². The Morgan fingerprint density at radius 3 is 2.84 bits per heavy atom. The van der Waals surface area contributed by atoms with E-state index in [4.69, 9.17) is 4.74 Å². The lowest BCUT2D eigenvalue weighted by atomic mass is 10.2. The molecule has 5 nitrogen and oxygen atoms in total. The maximum absolute atomic E-state index is 12.7. The molecule has 1 fully saturated rings. The number of nitrogens with zero attached hydrogens (tertiary/aromatic N) is 3. The van der Waals surface area contributed by atoms with Crippen molar-refractivity contribution in [2.24, 2.45) is 0 Å². The van der Waals surface area contributed by atoms with E-state index in [-0.39, 0.29) is 12.0 Å². The van der Waals surface area contributed by atoms with Crippen LogP contribution in [0.1, 0.15) is 22.6 Å². The van der Waals surface area contributed by atoms with Gasteiger partial charge in [-0.25, -0.2) is 9.97 Å². The number of benzene rings is 1. The number of rotatable bonds is 3. The summed E-state index contributed by atoms with van der Waals surface area (Å²) in [7, 11) is 0. The molecule has 25 heavy (non-hydrogen) atoms. The molecule has 1 amide bonds. The van der Waals surface area contributed by atoms with E-state index >= 15 is 0 Å². The van der Waals surface area contributed by atoms with E-state index in [0.717, 1.165) is 23.0 Å². The largest absolute Gasteiger partial charge is 0.472 e. The summed E-state index contributed by atoms with van der Waals surface area (Å²) in [5.41, 5.74) is 2.24. The molecule has 1 atom stereocenters. The number of aromatic nitrogens is 2. The van der Waals surface area contributed by atoms with Gasteiger partial charge in [-0.1, -0.05) is 30.3 Å². The first kappa shape index (κ1) is 15.6. The van der Waals surface area contributed by atoms with E-state index in [0.29, 0.717) is 24.7 Å². The summed E-state index contributed by atoms with van der Waals surface area (Å²) in [6.45, 7) is 3.16. The highest BCUT2D eigenvalue weighted by Gasteiger charge is 2.29. The molecule has 1 saturated heterocycles. The molecule has 2 aromatic heterocycles. The summed E-state index contributed by atoms with van der Waals surface area (Å²) >= 11 is 0. The average molecular weight is 333 g/mol. The minimum Gasteiger partial charge on any atom is -0.472 e. The van der Waals surface area contributed by atoms with Crippen LogP contribution in [0.5, 0.6) is 5.88 Å². The highest BCUT2D eigenvalue weighted by atomic mass is 16.5. The van der Waals surface area contributed by atoms with Gasteiger partial charge in [-0.15, -0.1) is 0 Å².